The minimum atomic E-state index is -4.64. The number of nitrogens with zero attached hydrogens (tertiary/aromatic N) is 1. The zero-order chi connectivity index (χ0) is 25.4. The summed E-state index contributed by atoms with van der Waals surface area (Å²) < 4.78 is 101. The molecule has 0 saturated carbocycles. The van der Waals surface area contributed by atoms with E-state index in [1.165, 1.54) is 18.3 Å². The number of hydrogen-bond donors (Lipinski definition) is 3. The van der Waals surface area contributed by atoms with Gasteiger partial charge in [-0.15, -0.1) is 0 Å². The van der Waals surface area contributed by atoms with Crippen molar-refractivity contribution in [1.82, 2.24) is 15.3 Å². The second-order valence-electron chi connectivity index (χ2n) is 6.90. The van der Waals surface area contributed by atoms with Crippen LogP contribution >= 0.6 is 0 Å². The van der Waals surface area contributed by atoms with Crippen molar-refractivity contribution >= 4 is 5.91 Å². The van der Waals surface area contributed by atoms with Crippen LogP contribution in [0, 0.1) is 29.1 Å². The minimum Gasteiger partial charge on any atom is -0.505 e. The lowest BCUT2D eigenvalue weighted by molar-refractivity contribution is -0.119. The van der Waals surface area contributed by atoms with Gasteiger partial charge in [-0.05, 0) is 18.2 Å². The van der Waals surface area contributed by atoms with Crippen molar-refractivity contribution in [3.8, 4) is 22.5 Å². The van der Waals surface area contributed by atoms with Gasteiger partial charge in [0.2, 0.25) is 5.82 Å². The number of pyridine rings is 1. The van der Waals surface area contributed by atoms with Crippen molar-refractivity contribution in [3.63, 3.8) is 0 Å². The molecular formula is C21H13F8N3O2. The molecule has 1 amide bonds. The number of aromatic nitrogens is 2. The number of aliphatic hydroxyl groups is 1. The maximum atomic E-state index is 14.0. The quantitative estimate of drug-likeness (QED) is 0.196. The van der Waals surface area contributed by atoms with Crippen molar-refractivity contribution in [2.45, 2.75) is 12.6 Å². The highest BCUT2D eigenvalue weighted by Gasteiger charge is 2.31. The van der Waals surface area contributed by atoms with E-state index in [4.69, 9.17) is 5.11 Å². The maximum absolute atomic E-state index is 14.0. The fraction of sp³-hybridized carbons (Fsp3) is 0.143. The standard InChI is InChI=1S/C18H10F5N3O.C3H3F3O/c19-13-12(14(20)16(22)17(23)15(13)21)11-5-7(1-3-24-11)10-6-8-9(26-10)2-4-25-18(8)27;1-2(7)3(4,5)6/h1,3,5-6,26H,2,4H2,(H,25,27);7H,1H2. The highest BCUT2D eigenvalue weighted by molar-refractivity contribution is 5.97. The molecule has 0 atom stereocenters. The molecule has 0 unspecified atom stereocenters. The van der Waals surface area contributed by atoms with Gasteiger partial charge in [0, 0.05) is 36.1 Å². The Morgan fingerprint density at radius 3 is 2.09 bits per heavy atom. The number of amides is 1. The van der Waals surface area contributed by atoms with Gasteiger partial charge in [-0.3, -0.25) is 9.78 Å². The van der Waals surface area contributed by atoms with Crippen LogP contribution in [0.5, 0.6) is 0 Å². The van der Waals surface area contributed by atoms with Gasteiger partial charge < -0.3 is 15.4 Å². The van der Waals surface area contributed by atoms with Crippen molar-refractivity contribution < 1.29 is 45.0 Å². The molecule has 3 heterocycles. The molecule has 1 aliphatic rings. The van der Waals surface area contributed by atoms with Crippen molar-refractivity contribution in [1.29, 1.82) is 0 Å². The van der Waals surface area contributed by atoms with E-state index < -0.39 is 52.3 Å². The lowest BCUT2D eigenvalue weighted by atomic mass is 10.0. The number of halogens is 8. The molecule has 3 aromatic rings. The second-order valence-corrected chi connectivity index (χ2v) is 6.90. The van der Waals surface area contributed by atoms with Crippen LogP contribution in [0.4, 0.5) is 35.1 Å². The van der Waals surface area contributed by atoms with E-state index in [-0.39, 0.29) is 5.91 Å². The van der Waals surface area contributed by atoms with Gasteiger partial charge >= 0.3 is 6.18 Å². The Bertz CT molecular complexity index is 1250. The normalized spacial score (nSPS) is 13.0. The first-order valence-corrected chi connectivity index (χ1v) is 9.26. The van der Waals surface area contributed by atoms with E-state index in [0.29, 0.717) is 35.5 Å². The van der Waals surface area contributed by atoms with E-state index in [0.717, 1.165) is 0 Å². The minimum absolute atomic E-state index is 0.257. The molecule has 13 heteroatoms. The summed E-state index contributed by atoms with van der Waals surface area (Å²) in [6.45, 7) is 2.73. The van der Waals surface area contributed by atoms with E-state index in [1.54, 1.807) is 6.07 Å². The first-order chi connectivity index (χ1) is 15.8. The number of hydrogen-bond acceptors (Lipinski definition) is 3. The Labute approximate surface area is 185 Å². The van der Waals surface area contributed by atoms with Gasteiger partial charge in [0.15, 0.2) is 29.0 Å². The molecule has 4 rings (SSSR count). The van der Waals surface area contributed by atoms with Gasteiger partial charge in [-0.25, -0.2) is 22.0 Å². The van der Waals surface area contributed by atoms with Gasteiger partial charge in [0.25, 0.3) is 5.91 Å². The smallest absolute Gasteiger partial charge is 0.448 e. The average Bonchev–Trinajstić information content (AvgIpc) is 3.22. The molecule has 0 aliphatic carbocycles. The fourth-order valence-electron chi connectivity index (χ4n) is 3.01. The molecule has 0 spiro atoms. The number of aromatic amines is 1. The van der Waals surface area contributed by atoms with Crippen LogP contribution < -0.4 is 5.32 Å². The molecule has 0 saturated heterocycles. The number of rotatable bonds is 2. The number of aliphatic hydroxyl groups excluding tert-OH is 1. The molecule has 1 aliphatic heterocycles. The lowest BCUT2D eigenvalue weighted by Gasteiger charge is -2.11. The monoisotopic (exact) mass is 491 g/mol. The zero-order valence-electron chi connectivity index (χ0n) is 16.8. The highest BCUT2D eigenvalue weighted by atomic mass is 19.4. The van der Waals surface area contributed by atoms with E-state index in [2.05, 4.69) is 21.9 Å². The molecule has 0 fully saturated rings. The predicted molar refractivity (Wildman–Crippen MR) is 103 cm³/mol. The maximum Gasteiger partial charge on any atom is 0.448 e. The Kier molecular flexibility index (Phi) is 6.66. The number of nitrogens with one attached hydrogen (secondary N) is 2. The first kappa shape index (κ1) is 24.7. The van der Waals surface area contributed by atoms with Crippen LogP contribution in [0.1, 0.15) is 16.1 Å². The third kappa shape index (κ3) is 4.72. The summed E-state index contributed by atoms with van der Waals surface area (Å²) in [6, 6.07) is 4.24. The molecule has 0 bridgehead atoms. The van der Waals surface area contributed by atoms with Crippen molar-refractivity contribution in [2.24, 2.45) is 0 Å². The number of fused-ring (bicyclic) bond motifs is 1. The van der Waals surface area contributed by atoms with Gasteiger partial charge in [-0.1, -0.05) is 6.58 Å². The number of H-pyrrole nitrogens is 1. The molecule has 0 radical (unpaired) electrons. The molecular weight excluding hydrogens is 478 g/mol. The SMILES string of the molecule is C=C(O)C(F)(F)F.O=C1NCCc2[nH]c(-c3ccnc(-c4c(F)c(F)c(F)c(F)c4F)c3)cc21. The largest absolute Gasteiger partial charge is 0.505 e. The Morgan fingerprint density at radius 1 is 1.00 bits per heavy atom. The van der Waals surface area contributed by atoms with Crippen LogP contribution in [0.3, 0.4) is 0 Å². The molecule has 34 heavy (non-hydrogen) atoms. The Balaban J connectivity index is 0.000000406. The molecule has 1 aromatic carbocycles. The van der Waals surface area contributed by atoms with Gasteiger partial charge in [0.05, 0.1) is 16.8 Å². The summed E-state index contributed by atoms with van der Waals surface area (Å²) in [4.78, 5) is 18.6. The summed E-state index contributed by atoms with van der Waals surface area (Å²) in [7, 11) is 0. The number of carbonyl (C=O) groups excluding carboxylic acids is 1. The summed E-state index contributed by atoms with van der Waals surface area (Å²) in [5, 5.41) is 10.3. The molecule has 180 valence electrons. The van der Waals surface area contributed by atoms with Crippen molar-refractivity contribution in [2.75, 3.05) is 6.54 Å². The van der Waals surface area contributed by atoms with Gasteiger partial charge in [0.1, 0.15) is 0 Å². The van der Waals surface area contributed by atoms with Crippen LogP contribution in [-0.2, 0) is 6.42 Å². The van der Waals surface area contributed by atoms with E-state index in [9.17, 15) is 39.9 Å². The number of carbonyl (C=O) groups is 1. The average molecular weight is 491 g/mol. The Morgan fingerprint density at radius 2 is 1.56 bits per heavy atom. The Hall–Kier alpha value is -3.90. The van der Waals surface area contributed by atoms with Crippen LogP contribution in [0.15, 0.2) is 36.7 Å². The number of allylic oxidation sites excluding steroid dienone is 1. The van der Waals surface area contributed by atoms with Crippen LogP contribution in [-0.4, -0.2) is 33.7 Å². The van der Waals surface area contributed by atoms with E-state index >= 15 is 0 Å². The third-order valence-electron chi connectivity index (χ3n) is 4.67. The van der Waals surface area contributed by atoms with E-state index in [1.807, 2.05) is 0 Å². The second kappa shape index (κ2) is 9.15. The summed E-state index contributed by atoms with van der Waals surface area (Å²) in [6.07, 6.45) is -2.88. The fourth-order valence-corrected chi connectivity index (χ4v) is 3.01. The van der Waals surface area contributed by atoms with Crippen LogP contribution in [0.2, 0.25) is 0 Å². The lowest BCUT2D eigenvalue weighted by Crippen LogP contribution is -2.31. The van der Waals surface area contributed by atoms with Gasteiger partial charge in [-0.2, -0.15) is 13.2 Å². The molecule has 3 N–H and O–H groups in total. The summed E-state index contributed by atoms with van der Waals surface area (Å²) >= 11 is 0. The van der Waals surface area contributed by atoms with Crippen LogP contribution in [0.25, 0.3) is 22.5 Å². The summed E-state index contributed by atoms with van der Waals surface area (Å²) in [5.74, 6) is -12.2. The summed E-state index contributed by atoms with van der Waals surface area (Å²) in [5.41, 5.74) is 0.449. The molecule has 2 aromatic heterocycles. The number of alkyl halides is 3. The predicted octanol–water partition coefficient (Wildman–Crippen LogP) is 5.35. The van der Waals surface area contributed by atoms with Crippen molar-refractivity contribution in [3.05, 3.63) is 77.1 Å². The zero-order valence-corrected chi connectivity index (χ0v) is 16.8. The molecule has 5 nitrogen and oxygen atoms in total. The number of benzene rings is 1. The third-order valence-corrected chi connectivity index (χ3v) is 4.67. The highest BCUT2D eigenvalue weighted by Crippen LogP contribution is 2.33. The topological polar surface area (TPSA) is 78.0 Å². The first-order valence-electron chi connectivity index (χ1n) is 9.26.